The van der Waals surface area contributed by atoms with Crippen LogP contribution in [0.4, 0.5) is 0 Å². The van der Waals surface area contributed by atoms with Gasteiger partial charge in [0.15, 0.2) is 0 Å². The minimum atomic E-state index is -0.780. The zero-order chi connectivity index (χ0) is 15.2. The predicted octanol–water partition coefficient (Wildman–Crippen LogP) is 1.77. The van der Waals surface area contributed by atoms with E-state index in [1.165, 1.54) is 0 Å². The number of hydrogen-bond donors (Lipinski definition) is 3. The first-order valence-corrected chi connectivity index (χ1v) is 7.57. The van der Waals surface area contributed by atoms with Gasteiger partial charge in [0.1, 0.15) is 0 Å². The number of nitrogens with one attached hydrogen (secondary N) is 2. The summed E-state index contributed by atoms with van der Waals surface area (Å²) < 4.78 is 0. The number of aliphatic carboxylic acids is 1. The molecule has 1 aliphatic rings. The number of carbonyl (C=O) groups is 2. The van der Waals surface area contributed by atoms with Gasteiger partial charge in [0, 0.05) is 17.9 Å². The molecule has 0 aromatic rings. The second kappa shape index (κ2) is 7.62. The smallest absolute Gasteiger partial charge is 0.303 e. The molecule has 5 heteroatoms. The lowest BCUT2D eigenvalue weighted by molar-refractivity contribution is -0.137. The van der Waals surface area contributed by atoms with Gasteiger partial charge in [0.05, 0.1) is 0 Å². The Bertz CT molecular complexity index is 336. The molecule has 0 aromatic carbocycles. The third kappa shape index (κ3) is 5.12. The Morgan fingerprint density at radius 2 is 2.15 bits per heavy atom. The minimum Gasteiger partial charge on any atom is -0.481 e. The quantitative estimate of drug-likeness (QED) is 0.666. The minimum absolute atomic E-state index is 0.0256. The van der Waals surface area contributed by atoms with Gasteiger partial charge in [0.2, 0.25) is 5.91 Å². The van der Waals surface area contributed by atoms with E-state index in [2.05, 4.69) is 10.6 Å². The van der Waals surface area contributed by atoms with Gasteiger partial charge >= 0.3 is 5.97 Å². The summed E-state index contributed by atoms with van der Waals surface area (Å²) in [7, 11) is 0. The number of hydrogen-bond acceptors (Lipinski definition) is 3. The zero-order valence-electron chi connectivity index (χ0n) is 12.9. The first kappa shape index (κ1) is 17.0. The van der Waals surface area contributed by atoms with Crippen molar-refractivity contribution in [3.8, 4) is 0 Å². The monoisotopic (exact) mass is 284 g/mol. The highest BCUT2D eigenvalue weighted by molar-refractivity contribution is 5.82. The van der Waals surface area contributed by atoms with Gasteiger partial charge < -0.3 is 15.7 Å². The Hall–Kier alpha value is -1.10. The largest absolute Gasteiger partial charge is 0.481 e. The van der Waals surface area contributed by atoms with Crippen LogP contribution in [0.15, 0.2) is 0 Å². The van der Waals surface area contributed by atoms with Crippen molar-refractivity contribution in [1.29, 1.82) is 0 Å². The molecule has 0 spiro atoms. The first-order valence-electron chi connectivity index (χ1n) is 7.57. The molecule has 1 amide bonds. The SMILES string of the molecule is CC(CCCC(=O)O)NC(=O)C(C)(C)C1CCCNC1. The molecule has 20 heavy (non-hydrogen) atoms. The van der Waals surface area contributed by atoms with Gasteiger partial charge in [-0.3, -0.25) is 9.59 Å². The lowest BCUT2D eigenvalue weighted by Gasteiger charge is -2.36. The van der Waals surface area contributed by atoms with Gasteiger partial charge in [-0.2, -0.15) is 0 Å². The van der Waals surface area contributed by atoms with Crippen LogP contribution in [-0.4, -0.2) is 36.1 Å². The molecule has 5 nitrogen and oxygen atoms in total. The van der Waals surface area contributed by atoms with Crippen molar-refractivity contribution >= 4 is 11.9 Å². The van der Waals surface area contributed by atoms with E-state index >= 15 is 0 Å². The molecule has 0 saturated carbocycles. The Morgan fingerprint density at radius 1 is 1.45 bits per heavy atom. The van der Waals surface area contributed by atoms with Gasteiger partial charge in [0.25, 0.3) is 0 Å². The molecule has 0 bridgehead atoms. The van der Waals surface area contributed by atoms with Gasteiger partial charge in [-0.25, -0.2) is 0 Å². The predicted molar refractivity (Wildman–Crippen MR) is 78.5 cm³/mol. The van der Waals surface area contributed by atoms with Crippen LogP contribution < -0.4 is 10.6 Å². The lowest BCUT2D eigenvalue weighted by Crippen LogP contribution is -2.49. The Morgan fingerprint density at radius 3 is 2.70 bits per heavy atom. The van der Waals surface area contributed by atoms with Crippen molar-refractivity contribution in [3.05, 3.63) is 0 Å². The molecule has 2 atom stereocenters. The summed E-state index contributed by atoms with van der Waals surface area (Å²) in [6, 6.07) is 0.0256. The number of rotatable bonds is 7. The van der Waals surface area contributed by atoms with Crippen molar-refractivity contribution < 1.29 is 14.7 Å². The summed E-state index contributed by atoms with van der Waals surface area (Å²) in [5, 5.41) is 15.0. The average molecular weight is 284 g/mol. The van der Waals surface area contributed by atoms with E-state index < -0.39 is 5.97 Å². The topological polar surface area (TPSA) is 78.4 Å². The fourth-order valence-corrected chi connectivity index (χ4v) is 2.69. The van der Waals surface area contributed by atoms with Gasteiger partial charge in [-0.1, -0.05) is 13.8 Å². The molecular formula is C15H28N2O3. The number of carboxylic acid groups (broad SMARTS) is 1. The number of piperidine rings is 1. The van der Waals surface area contributed by atoms with Gasteiger partial charge in [-0.15, -0.1) is 0 Å². The molecule has 116 valence electrons. The summed E-state index contributed by atoms with van der Waals surface area (Å²) in [4.78, 5) is 22.9. The van der Waals surface area contributed by atoms with E-state index in [-0.39, 0.29) is 23.8 Å². The van der Waals surface area contributed by atoms with Crippen molar-refractivity contribution in [2.24, 2.45) is 11.3 Å². The molecule has 1 rings (SSSR count). The fourth-order valence-electron chi connectivity index (χ4n) is 2.69. The highest BCUT2D eigenvalue weighted by Gasteiger charge is 2.37. The van der Waals surface area contributed by atoms with Crippen LogP contribution in [0, 0.1) is 11.3 Å². The summed E-state index contributed by atoms with van der Waals surface area (Å²) in [5.41, 5.74) is -0.380. The van der Waals surface area contributed by atoms with Crippen LogP contribution in [0.2, 0.25) is 0 Å². The number of amides is 1. The van der Waals surface area contributed by atoms with Crippen molar-refractivity contribution in [2.75, 3.05) is 13.1 Å². The van der Waals surface area contributed by atoms with Crippen LogP contribution in [0.25, 0.3) is 0 Å². The molecule has 1 aliphatic heterocycles. The highest BCUT2D eigenvalue weighted by atomic mass is 16.4. The van der Waals surface area contributed by atoms with Crippen molar-refractivity contribution in [3.63, 3.8) is 0 Å². The van der Waals surface area contributed by atoms with Crippen LogP contribution in [0.3, 0.4) is 0 Å². The third-order valence-corrected chi connectivity index (χ3v) is 4.31. The van der Waals surface area contributed by atoms with Crippen molar-refractivity contribution in [2.45, 2.75) is 58.9 Å². The summed E-state index contributed by atoms with van der Waals surface area (Å²) in [6.45, 7) is 7.89. The van der Waals surface area contributed by atoms with Crippen LogP contribution >= 0.6 is 0 Å². The maximum absolute atomic E-state index is 12.4. The second-order valence-corrected chi connectivity index (χ2v) is 6.43. The fraction of sp³-hybridized carbons (Fsp3) is 0.867. The Balaban J connectivity index is 2.41. The van der Waals surface area contributed by atoms with E-state index in [4.69, 9.17) is 5.11 Å². The van der Waals surface area contributed by atoms with Crippen LogP contribution in [0.5, 0.6) is 0 Å². The number of carboxylic acids is 1. The maximum atomic E-state index is 12.4. The number of carbonyl (C=O) groups excluding carboxylic acids is 1. The molecule has 1 fully saturated rings. The standard InChI is InChI=1S/C15H28N2O3/c1-11(6-4-8-13(18)19)17-14(20)15(2,3)12-7-5-9-16-10-12/h11-12,16H,4-10H2,1-3H3,(H,17,20)(H,18,19). The molecule has 2 unspecified atom stereocenters. The lowest BCUT2D eigenvalue weighted by atomic mass is 9.74. The maximum Gasteiger partial charge on any atom is 0.303 e. The molecule has 3 N–H and O–H groups in total. The molecule has 0 aliphatic carbocycles. The Kier molecular flexibility index (Phi) is 6.46. The van der Waals surface area contributed by atoms with E-state index in [9.17, 15) is 9.59 Å². The van der Waals surface area contributed by atoms with Gasteiger partial charge in [-0.05, 0) is 51.6 Å². The van der Waals surface area contributed by atoms with Crippen molar-refractivity contribution in [1.82, 2.24) is 10.6 Å². The normalized spacial score (nSPS) is 21.2. The molecule has 0 aromatic heterocycles. The second-order valence-electron chi connectivity index (χ2n) is 6.43. The van der Waals surface area contributed by atoms with E-state index in [1.54, 1.807) is 0 Å². The summed E-state index contributed by atoms with van der Waals surface area (Å²) in [5.74, 6) is -0.339. The molecule has 1 saturated heterocycles. The van der Waals surface area contributed by atoms with E-state index in [1.807, 2.05) is 20.8 Å². The molecule has 0 radical (unpaired) electrons. The zero-order valence-corrected chi connectivity index (χ0v) is 12.9. The third-order valence-electron chi connectivity index (χ3n) is 4.31. The highest BCUT2D eigenvalue weighted by Crippen LogP contribution is 2.32. The first-order chi connectivity index (χ1) is 9.34. The average Bonchev–Trinajstić information content (AvgIpc) is 2.39. The molecular weight excluding hydrogens is 256 g/mol. The summed E-state index contributed by atoms with van der Waals surface area (Å²) in [6.07, 6.45) is 3.67. The summed E-state index contributed by atoms with van der Waals surface area (Å²) >= 11 is 0. The Labute approximate surface area is 121 Å². The van der Waals surface area contributed by atoms with E-state index in [0.29, 0.717) is 18.8 Å². The van der Waals surface area contributed by atoms with Crippen LogP contribution in [-0.2, 0) is 9.59 Å². The van der Waals surface area contributed by atoms with E-state index in [0.717, 1.165) is 25.9 Å². The van der Waals surface area contributed by atoms with Crippen LogP contribution in [0.1, 0.15) is 52.9 Å². The molecule has 1 heterocycles.